The van der Waals surface area contributed by atoms with Crippen LogP contribution in [0.3, 0.4) is 0 Å². The van der Waals surface area contributed by atoms with Crippen molar-refractivity contribution in [2.24, 2.45) is 0 Å². The number of hydrogen-bond acceptors (Lipinski definition) is 5. The third-order valence-electron chi connectivity index (χ3n) is 6.49. The molecule has 0 atom stereocenters. The number of rotatable bonds is 5. The molecule has 7 nitrogen and oxygen atoms in total. The number of nitrogens with zero attached hydrogens (tertiary/aromatic N) is 5. The molecular formula is C26H33N5O2. The summed E-state index contributed by atoms with van der Waals surface area (Å²) in [7, 11) is 0. The van der Waals surface area contributed by atoms with Crippen LogP contribution in [0.25, 0.3) is 0 Å². The molecule has 0 radical (unpaired) electrons. The van der Waals surface area contributed by atoms with Crippen LogP contribution in [0.2, 0.25) is 0 Å². The van der Waals surface area contributed by atoms with E-state index in [1.807, 2.05) is 25.1 Å². The van der Waals surface area contributed by atoms with Crippen molar-refractivity contribution < 1.29 is 9.53 Å². The van der Waals surface area contributed by atoms with E-state index in [2.05, 4.69) is 67.5 Å². The van der Waals surface area contributed by atoms with Gasteiger partial charge >= 0.3 is 6.09 Å². The summed E-state index contributed by atoms with van der Waals surface area (Å²) in [6.45, 7) is 10.6. The Morgan fingerprint density at radius 2 is 1.70 bits per heavy atom. The first-order valence-electron chi connectivity index (χ1n) is 11.7. The monoisotopic (exact) mass is 447 g/mol. The number of carbonyl (C=O) groups excluding carboxylic acids is 1. The van der Waals surface area contributed by atoms with Crippen LogP contribution in [0.4, 0.5) is 4.79 Å². The molecule has 0 bridgehead atoms. The lowest BCUT2D eigenvalue weighted by Crippen LogP contribution is -2.46. The highest BCUT2D eigenvalue weighted by Crippen LogP contribution is 2.40. The van der Waals surface area contributed by atoms with Crippen LogP contribution in [0, 0.1) is 0 Å². The van der Waals surface area contributed by atoms with E-state index in [0.717, 1.165) is 24.0 Å². The minimum absolute atomic E-state index is 0.123. The van der Waals surface area contributed by atoms with Crippen molar-refractivity contribution in [1.82, 2.24) is 25.1 Å². The maximum absolute atomic E-state index is 12.2. The zero-order chi connectivity index (χ0) is 23.5. The Morgan fingerprint density at radius 3 is 2.30 bits per heavy atom. The summed E-state index contributed by atoms with van der Waals surface area (Å²) in [6.07, 6.45) is 1.19. The molecular weight excluding hydrogens is 414 g/mol. The summed E-state index contributed by atoms with van der Waals surface area (Å²) in [5.74, 6) is 0.712. The average Bonchev–Trinajstić information content (AvgIpc) is 3.28. The van der Waals surface area contributed by atoms with E-state index in [1.165, 1.54) is 5.56 Å². The van der Waals surface area contributed by atoms with E-state index < -0.39 is 0 Å². The Bertz CT molecular complexity index is 1060. The first-order valence-corrected chi connectivity index (χ1v) is 11.7. The topological polar surface area (TPSA) is 73.1 Å². The number of likely N-dealkylation sites (tertiary alicyclic amines) is 1. The number of hydrogen-bond donors (Lipinski definition) is 0. The SMILES string of the molecule is CCOC(=O)N1CCC(c2ccccc2)(c2nnn(Cc3ccc(C(C)(C)C)cc3)n2)CC1. The molecule has 1 amide bonds. The number of carbonyl (C=O) groups is 1. The first-order chi connectivity index (χ1) is 15.8. The predicted molar refractivity (Wildman–Crippen MR) is 127 cm³/mol. The lowest BCUT2D eigenvalue weighted by atomic mass is 9.72. The summed E-state index contributed by atoms with van der Waals surface area (Å²) >= 11 is 0. The van der Waals surface area contributed by atoms with Gasteiger partial charge in [-0.1, -0.05) is 75.4 Å². The number of aromatic nitrogens is 4. The van der Waals surface area contributed by atoms with Crippen LogP contribution >= 0.6 is 0 Å². The van der Waals surface area contributed by atoms with Crippen molar-refractivity contribution in [3.63, 3.8) is 0 Å². The second-order valence-corrected chi connectivity index (χ2v) is 9.72. The fourth-order valence-electron chi connectivity index (χ4n) is 4.46. The fraction of sp³-hybridized carbons (Fsp3) is 0.462. The normalized spacial score (nSPS) is 15.9. The molecule has 1 aliphatic heterocycles. The van der Waals surface area contributed by atoms with Gasteiger partial charge in [-0.15, -0.1) is 10.2 Å². The largest absolute Gasteiger partial charge is 0.450 e. The van der Waals surface area contributed by atoms with Gasteiger partial charge in [0.05, 0.1) is 18.6 Å². The lowest BCUT2D eigenvalue weighted by Gasteiger charge is -2.39. The Morgan fingerprint density at radius 1 is 1.03 bits per heavy atom. The average molecular weight is 448 g/mol. The van der Waals surface area contributed by atoms with Crippen LogP contribution in [-0.4, -0.2) is 50.9 Å². The molecule has 0 spiro atoms. The third kappa shape index (κ3) is 4.92. The molecule has 0 N–H and O–H groups in total. The van der Waals surface area contributed by atoms with Gasteiger partial charge in [-0.05, 0) is 47.1 Å². The molecule has 0 aliphatic carbocycles. The van der Waals surface area contributed by atoms with Gasteiger partial charge in [-0.3, -0.25) is 0 Å². The van der Waals surface area contributed by atoms with Crippen LogP contribution in [-0.2, 0) is 22.1 Å². The van der Waals surface area contributed by atoms with Crippen molar-refractivity contribution in [1.29, 1.82) is 0 Å². The first kappa shape index (κ1) is 23.0. The standard InChI is InChI=1S/C26H33N5O2/c1-5-33-24(32)30-17-15-26(16-18-30,22-9-7-6-8-10-22)23-27-29-31(28-23)19-20-11-13-21(14-12-20)25(2,3)4/h6-14H,5,15-19H2,1-4H3. The number of benzene rings is 2. The molecule has 1 saturated heterocycles. The summed E-state index contributed by atoms with van der Waals surface area (Å²) in [6, 6.07) is 18.9. The number of piperidine rings is 1. The zero-order valence-electron chi connectivity index (χ0n) is 20.0. The minimum atomic E-state index is -0.376. The molecule has 7 heteroatoms. The molecule has 2 aromatic carbocycles. The smallest absolute Gasteiger partial charge is 0.409 e. The molecule has 0 unspecified atom stereocenters. The highest BCUT2D eigenvalue weighted by atomic mass is 16.6. The van der Waals surface area contributed by atoms with Gasteiger partial charge in [-0.2, -0.15) is 4.80 Å². The van der Waals surface area contributed by atoms with Gasteiger partial charge in [0.1, 0.15) is 0 Å². The molecule has 2 heterocycles. The van der Waals surface area contributed by atoms with E-state index in [4.69, 9.17) is 9.84 Å². The zero-order valence-corrected chi connectivity index (χ0v) is 20.0. The summed E-state index contributed by atoms with van der Waals surface area (Å²) in [5.41, 5.74) is 3.34. The van der Waals surface area contributed by atoms with Crippen LogP contribution in [0.5, 0.6) is 0 Å². The van der Waals surface area contributed by atoms with E-state index in [1.54, 1.807) is 9.70 Å². The number of tetrazole rings is 1. The summed E-state index contributed by atoms with van der Waals surface area (Å²) in [5, 5.41) is 13.7. The maximum Gasteiger partial charge on any atom is 0.409 e. The summed E-state index contributed by atoms with van der Waals surface area (Å²) < 4.78 is 5.20. The highest BCUT2D eigenvalue weighted by Gasteiger charge is 2.42. The van der Waals surface area contributed by atoms with Crippen molar-refractivity contribution in [3.05, 3.63) is 77.1 Å². The highest BCUT2D eigenvalue weighted by molar-refractivity contribution is 5.67. The number of amides is 1. The molecule has 0 saturated carbocycles. The van der Waals surface area contributed by atoms with E-state index >= 15 is 0 Å². The Labute approximate surface area is 195 Å². The quantitative estimate of drug-likeness (QED) is 0.573. The Kier molecular flexibility index (Phi) is 6.49. The van der Waals surface area contributed by atoms with Crippen molar-refractivity contribution in [2.75, 3.05) is 19.7 Å². The van der Waals surface area contributed by atoms with Gasteiger partial charge in [0.15, 0.2) is 5.82 Å². The molecule has 1 aliphatic rings. The molecule has 1 aromatic heterocycles. The van der Waals surface area contributed by atoms with Gasteiger partial charge in [0, 0.05) is 13.1 Å². The van der Waals surface area contributed by atoms with Crippen molar-refractivity contribution in [2.45, 2.75) is 57.9 Å². The van der Waals surface area contributed by atoms with Gasteiger partial charge in [-0.25, -0.2) is 4.79 Å². The second-order valence-electron chi connectivity index (χ2n) is 9.72. The Hall–Kier alpha value is -3.22. The third-order valence-corrected chi connectivity index (χ3v) is 6.49. The molecule has 4 rings (SSSR count). The molecule has 3 aromatic rings. The Balaban J connectivity index is 1.56. The van der Waals surface area contributed by atoms with E-state index in [9.17, 15) is 4.79 Å². The maximum atomic E-state index is 12.2. The van der Waals surface area contributed by atoms with Crippen molar-refractivity contribution >= 4 is 6.09 Å². The second kappa shape index (κ2) is 9.33. The van der Waals surface area contributed by atoms with Gasteiger partial charge < -0.3 is 9.64 Å². The molecule has 174 valence electrons. The van der Waals surface area contributed by atoms with Crippen molar-refractivity contribution in [3.8, 4) is 0 Å². The lowest BCUT2D eigenvalue weighted by molar-refractivity contribution is 0.0897. The molecule has 1 fully saturated rings. The van der Waals surface area contributed by atoms with Gasteiger partial charge in [0.2, 0.25) is 0 Å². The van der Waals surface area contributed by atoms with Crippen LogP contribution in [0.1, 0.15) is 63.1 Å². The van der Waals surface area contributed by atoms with Gasteiger partial charge in [0.25, 0.3) is 0 Å². The predicted octanol–water partition coefficient (Wildman–Crippen LogP) is 4.56. The number of ether oxygens (including phenoxy) is 1. The molecule has 33 heavy (non-hydrogen) atoms. The fourth-order valence-corrected chi connectivity index (χ4v) is 4.46. The van der Waals surface area contributed by atoms with E-state index in [0.29, 0.717) is 32.1 Å². The van der Waals surface area contributed by atoms with Crippen LogP contribution in [0.15, 0.2) is 54.6 Å². The van der Waals surface area contributed by atoms with E-state index in [-0.39, 0.29) is 16.9 Å². The summed E-state index contributed by atoms with van der Waals surface area (Å²) in [4.78, 5) is 15.7. The minimum Gasteiger partial charge on any atom is -0.450 e. The van der Waals surface area contributed by atoms with Crippen LogP contribution < -0.4 is 0 Å².